The lowest BCUT2D eigenvalue weighted by atomic mass is 10.1. The minimum atomic E-state index is -0.0346. The lowest BCUT2D eigenvalue weighted by Crippen LogP contribution is -2.15. The Kier molecular flexibility index (Phi) is 3.22. The summed E-state index contributed by atoms with van der Waals surface area (Å²) in [5.74, 6) is 1.47. The second-order valence-electron chi connectivity index (χ2n) is 5.73. The molecule has 6 nitrogen and oxygen atoms in total. The largest absolute Gasteiger partial charge is 0.469 e. The summed E-state index contributed by atoms with van der Waals surface area (Å²) < 4.78 is 10.6. The number of anilines is 1. The van der Waals surface area contributed by atoms with Crippen molar-refractivity contribution in [1.29, 1.82) is 0 Å². The topological polar surface area (TPSA) is 81.2 Å². The number of furan rings is 1. The van der Waals surface area contributed by atoms with Crippen molar-refractivity contribution in [1.82, 2.24) is 10.2 Å². The average molecular weight is 309 g/mol. The molecule has 116 valence electrons. The number of nitrogens with one attached hydrogen (secondary N) is 1. The van der Waals surface area contributed by atoms with Crippen molar-refractivity contribution in [2.45, 2.75) is 19.3 Å². The van der Waals surface area contributed by atoms with Crippen molar-refractivity contribution in [2.75, 3.05) is 5.32 Å². The third-order valence-electron chi connectivity index (χ3n) is 4.14. The third-order valence-corrected chi connectivity index (χ3v) is 4.14. The number of carbonyl (C=O) groups excluding carboxylic acids is 1. The zero-order valence-corrected chi connectivity index (χ0v) is 12.5. The van der Waals surface area contributed by atoms with Crippen LogP contribution in [0.3, 0.4) is 0 Å². The van der Waals surface area contributed by atoms with Gasteiger partial charge in [0.2, 0.25) is 18.2 Å². The van der Waals surface area contributed by atoms with E-state index in [2.05, 4.69) is 15.5 Å². The molecule has 2 aromatic heterocycles. The smallest absolute Gasteiger partial charge is 0.247 e. The molecule has 1 fully saturated rings. The molecule has 1 N–H and O–H groups in total. The third kappa shape index (κ3) is 2.63. The Balaban J connectivity index is 1.50. The molecule has 2 atom stereocenters. The molecule has 0 aliphatic heterocycles. The molecule has 1 aliphatic carbocycles. The summed E-state index contributed by atoms with van der Waals surface area (Å²) in [5, 5.41) is 10.6. The number of aryl methyl sites for hydroxylation is 1. The van der Waals surface area contributed by atoms with E-state index in [1.54, 1.807) is 6.26 Å². The SMILES string of the molecule is Cc1ccc(-c2nnco2)cc1NC(=O)C1CC1c1ccco1. The van der Waals surface area contributed by atoms with Crippen molar-refractivity contribution < 1.29 is 13.6 Å². The lowest BCUT2D eigenvalue weighted by Gasteiger charge is -2.09. The summed E-state index contributed by atoms with van der Waals surface area (Å²) in [7, 11) is 0. The minimum Gasteiger partial charge on any atom is -0.469 e. The molecule has 0 saturated heterocycles. The number of hydrogen-bond donors (Lipinski definition) is 1. The Bertz CT molecular complexity index is 825. The second kappa shape index (κ2) is 5.39. The molecule has 23 heavy (non-hydrogen) atoms. The van der Waals surface area contributed by atoms with Crippen molar-refractivity contribution in [3.05, 3.63) is 54.3 Å². The van der Waals surface area contributed by atoms with Crippen LogP contribution in [0.1, 0.15) is 23.7 Å². The first-order valence-electron chi connectivity index (χ1n) is 7.44. The molecule has 0 radical (unpaired) electrons. The molecule has 1 amide bonds. The fourth-order valence-corrected chi connectivity index (χ4v) is 2.72. The standard InChI is InChI=1S/C17H15N3O3/c1-10-4-5-11(17-20-18-9-23-17)7-14(10)19-16(21)13-8-12(13)15-3-2-6-22-15/h2-7,9,12-13H,8H2,1H3,(H,19,21). The van der Waals surface area contributed by atoms with Crippen LogP contribution in [0.5, 0.6) is 0 Å². The zero-order chi connectivity index (χ0) is 15.8. The van der Waals surface area contributed by atoms with Crippen molar-refractivity contribution in [3.8, 4) is 11.5 Å². The Labute approximate surface area is 132 Å². The van der Waals surface area contributed by atoms with Crippen LogP contribution >= 0.6 is 0 Å². The molecular formula is C17H15N3O3. The summed E-state index contributed by atoms with van der Waals surface area (Å²) in [6, 6.07) is 9.43. The highest BCUT2D eigenvalue weighted by Gasteiger charge is 2.45. The zero-order valence-electron chi connectivity index (χ0n) is 12.5. The Hall–Kier alpha value is -2.89. The van der Waals surface area contributed by atoms with Crippen LogP contribution < -0.4 is 5.32 Å². The molecule has 1 saturated carbocycles. The average Bonchev–Trinajstić information content (AvgIpc) is 2.96. The van der Waals surface area contributed by atoms with Gasteiger partial charge in [-0.1, -0.05) is 6.07 Å². The maximum atomic E-state index is 12.4. The quantitative estimate of drug-likeness (QED) is 0.799. The molecule has 2 heterocycles. The van der Waals surface area contributed by atoms with Crippen LogP contribution in [0.25, 0.3) is 11.5 Å². The van der Waals surface area contributed by atoms with Gasteiger partial charge < -0.3 is 14.2 Å². The first kappa shape index (κ1) is 13.8. The summed E-state index contributed by atoms with van der Waals surface area (Å²) in [4.78, 5) is 12.4. The molecular weight excluding hydrogens is 294 g/mol. The van der Waals surface area contributed by atoms with Gasteiger partial charge in [-0.25, -0.2) is 0 Å². The van der Waals surface area contributed by atoms with Crippen LogP contribution in [0.2, 0.25) is 0 Å². The van der Waals surface area contributed by atoms with Crippen LogP contribution in [-0.4, -0.2) is 16.1 Å². The Morgan fingerprint density at radius 2 is 2.22 bits per heavy atom. The van der Waals surface area contributed by atoms with Crippen molar-refractivity contribution in [3.63, 3.8) is 0 Å². The highest BCUT2D eigenvalue weighted by atomic mass is 16.4. The first-order chi connectivity index (χ1) is 11.2. The summed E-state index contributed by atoms with van der Waals surface area (Å²) in [5.41, 5.74) is 2.52. The van der Waals surface area contributed by atoms with Gasteiger partial charge in [-0.3, -0.25) is 4.79 Å². The number of hydrogen-bond acceptors (Lipinski definition) is 5. The predicted molar refractivity (Wildman–Crippen MR) is 82.7 cm³/mol. The predicted octanol–water partition coefficient (Wildman–Crippen LogP) is 3.38. The fourth-order valence-electron chi connectivity index (χ4n) is 2.72. The summed E-state index contributed by atoms with van der Waals surface area (Å²) in [6.45, 7) is 1.95. The molecule has 0 spiro atoms. The molecule has 1 aliphatic rings. The number of aromatic nitrogens is 2. The van der Waals surface area contributed by atoms with Gasteiger partial charge in [0.05, 0.1) is 6.26 Å². The number of benzene rings is 1. The van der Waals surface area contributed by atoms with E-state index in [9.17, 15) is 4.79 Å². The Morgan fingerprint density at radius 3 is 2.96 bits per heavy atom. The van der Waals surface area contributed by atoms with Crippen LogP contribution in [0.4, 0.5) is 5.69 Å². The van der Waals surface area contributed by atoms with Crippen molar-refractivity contribution >= 4 is 11.6 Å². The van der Waals surface area contributed by atoms with Crippen molar-refractivity contribution in [2.24, 2.45) is 5.92 Å². The van der Waals surface area contributed by atoms with E-state index in [1.807, 2.05) is 37.3 Å². The normalized spacial score (nSPS) is 19.5. The van der Waals surface area contributed by atoms with Gasteiger partial charge in [-0.2, -0.15) is 0 Å². The fraction of sp³-hybridized carbons (Fsp3) is 0.235. The highest BCUT2D eigenvalue weighted by Crippen LogP contribution is 2.48. The highest BCUT2D eigenvalue weighted by molar-refractivity contribution is 5.96. The number of amides is 1. The monoisotopic (exact) mass is 309 g/mol. The van der Waals surface area contributed by atoms with E-state index >= 15 is 0 Å². The van der Waals surface area contributed by atoms with Gasteiger partial charge in [0.25, 0.3) is 0 Å². The van der Waals surface area contributed by atoms with Gasteiger partial charge in [0.15, 0.2) is 0 Å². The van der Waals surface area contributed by atoms with E-state index in [1.165, 1.54) is 6.39 Å². The number of rotatable bonds is 4. The van der Waals surface area contributed by atoms with Crippen LogP contribution in [-0.2, 0) is 4.79 Å². The molecule has 3 aromatic rings. The molecule has 4 rings (SSSR count). The minimum absolute atomic E-state index is 0.0113. The van der Waals surface area contributed by atoms with E-state index in [-0.39, 0.29) is 17.7 Å². The summed E-state index contributed by atoms with van der Waals surface area (Å²) >= 11 is 0. The first-order valence-corrected chi connectivity index (χ1v) is 7.44. The maximum Gasteiger partial charge on any atom is 0.247 e. The van der Waals surface area contributed by atoms with E-state index < -0.39 is 0 Å². The lowest BCUT2D eigenvalue weighted by molar-refractivity contribution is -0.117. The maximum absolute atomic E-state index is 12.4. The van der Waals surface area contributed by atoms with Gasteiger partial charge in [-0.15, -0.1) is 10.2 Å². The van der Waals surface area contributed by atoms with Gasteiger partial charge in [-0.05, 0) is 43.2 Å². The molecule has 1 aromatic carbocycles. The molecule has 6 heteroatoms. The Morgan fingerprint density at radius 1 is 1.30 bits per heavy atom. The second-order valence-corrected chi connectivity index (χ2v) is 5.73. The van der Waals surface area contributed by atoms with Crippen LogP contribution in [0, 0.1) is 12.8 Å². The molecule has 2 unspecified atom stereocenters. The number of nitrogens with zero attached hydrogens (tertiary/aromatic N) is 2. The van der Waals surface area contributed by atoms with Gasteiger partial charge >= 0.3 is 0 Å². The van der Waals surface area contributed by atoms with E-state index in [0.29, 0.717) is 5.89 Å². The summed E-state index contributed by atoms with van der Waals surface area (Å²) in [6.07, 6.45) is 3.74. The van der Waals surface area contributed by atoms with Crippen LogP contribution in [0.15, 0.2) is 51.8 Å². The van der Waals surface area contributed by atoms with E-state index in [4.69, 9.17) is 8.83 Å². The van der Waals surface area contributed by atoms with E-state index in [0.717, 1.165) is 29.0 Å². The van der Waals surface area contributed by atoms with Gasteiger partial charge in [0, 0.05) is 23.1 Å². The number of carbonyl (C=O) groups is 1. The molecule has 0 bridgehead atoms. The van der Waals surface area contributed by atoms with Gasteiger partial charge in [0.1, 0.15) is 5.76 Å².